The zero-order chi connectivity index (χ0) is 7.94. The molecular formula is C9H18N2. The summed E-state index contributed by atoms with van der Waals surface area (Å²) in [6.07, 6.45) is 8.42. The fourth-order valence-electron chi connectivity index (χ4n) is 1.45. The third-order valence-electron chi connectivity index (χ3n) is 2.13. The van der Waals surface area contributed by atoms with E-state index in [0.29, 0.717) is 0 Å². The standard InChI is InChI=1S/C9H18N2/c10-6-7-11-8-9-4-2-1-3-5-9/h1-2,9,11H,3-8,10H2. The minimum Gasteiger partial charge on any atom is -0.329 e. The van der Waals surface area contributed by atoms with Crippen LogP contribution >= 0.6 is 0 Å². The van der Waals surface area contributed by atoms with Gasteiger partial charge in [0.1, 0.15) is 0 Å². The molecule has 0 aromatic heterocycles. The molecule has 0 spiro atoms. The van der Waals surface area contributed by atoms with Crippen molar-refractivity contribution in [2.75, 3.05) is 19.6 Å². The first-order valence-corrected chi connectivity index (χ1v) is 4.49. The molecule has 0 amide bonds. The predicted octanol–water partition coefficient (Wildman–Crippen LogP) is 0.891. The Labute approximate surface area is 68.9 Å². The Bertz CT molecular complexity index is 121. The van der Waals surface area contributed by atoms with Gasteiger partial charge in [0, 0.05) is 13.1 Å². The first-order chi connectivity index (χ1) is 5.43. The lowest BCUT2D eigenvalue weighted by molar-refractivity contribution is 0.444. The van der Waals surface area contributed by atoms with Gasteiger partial charge in [0.05, 0.1) is 0 Å². The molecule has 0 fully saturated rings. The van der Waals surface area contributed by atoms with Gasteiger partial charge in [-0.15, -0.1) is 0 Å². The van der Waals surface area contributed by atoms with Gasteiger partial charge in [-0.2, -0.15) is 0 Å². The van der Waals surface area contributed by atoms with Crippen LogP contribution in [0.15, 0.2) is 12.2 Å². The van der Waals surface area contributed by atoms with E-state index in [1.54, 1.807) is 0 Å². The number of allylic oxidation sites excluding steroid dienone is 2. The number of hydrogen-bond donors (Lipinski definition) is 2. The molecule has 0 saturated heterocycles. The van der Waals surface area contributed by atoms with Gasteiger partial charge >= 0.3 is 0 Å². The molecule has 0 radical (unpaired) electrons. The van der Waals surface area contributed by atoms with E-state index in [-0.39, 0.29) is 0 Å². The number of nitrogens with two attached hydrogens (primary N) is 1. The van der Waals surface area contributed by atoms with Crippen molar-refractivity contribution in [2.24, 2.45) is 11.7 Å². The van der Waals surface area contributed by atoms with Crippen LogP contribution in [0.3, 0.4) is 0 Å². The van der Waals surface area contributed by atoms with Crippen LogP contribution in [0.25, 0.3) is 0 Å². The largest absolute Gasteiger partial charge is 0.329 e. The summed E-state index contributed by atoms with van der Waals surface area (Å²) >= 11 is 0. The van der Waals surface area contributed by atoms with Gasteiger partial charge in [0.25, 0.3) is 0 Å². The molecule has 0 aromatic carbocycles. The van der Waals surface area contributed by atoms with Crippen molar-refractivity contribution in [2.45, 2.75) is 19.3 Å². The molecular weight excluding hydrogens is 136 g/mol. The van der Waals surface area contributed by atoms with Gasteiger partial charge in [-0.1, -0.05) is 12.2 Å². The minimum absolute atomic E-state index is 0.753. The zero-order valence-corrected chi connectivity index (χ0v) is 7.05. The molecule has 2 nitrogen and oxygen atoms in total. The lowest BCUT2D eigenvalue weighted by atomic mass is 9.94. The summed E-state index contributed by atoms with van der Waals surface area (Å²) in [7, 11) is 0. The van der Waals surface area contributed by atoms with Crippen molar-refractivity contribution in [3.05, 3.63) is 12.2 Å². The van der Waals surface area contributed by atoms with E-state index >= 15 is 0 Å². The highest BCUT2D eigenvalue weighted by Crippen LogP contribution is 2.16. The average molecular weight is 154 g/mol. The molecule has 3 N–H and O–H groups in total. The van der Waals surface area contributed by atoms with Gasteiger partial charge in [0.15, 0.2) is 0 Å². The summed E-state index contributed by atoms with van der Waals surface area (Å²) in [6.45, 7) is 2.85. The monoisotopic (exact) mass is 154 g/mol. The minimum atomic E-state index is 0.753. The van der Waals surface area contributed by atoms with E-state index < -0.39 is 0 Å². The highest BCUT2D eigenvalue weighted by molar-refractivity contribution is 4.90. The highest BCUT2D eigenvalue weighted by Gasteiger charge is 2.07. The highest BCUT2D eigenvalue weighted by atomic mass is 14.9. The second-order valence-electron chi connectivity index (χ2n) is 3.14. The van der Waals surface area contributed by atoms with Crippen LogP contribution < -0.4 is 11.1 Å². The molecule has 1 aliphatic rings. The van der Waals surface area contributed by atoms with Gasteiger partial charge in [0.2, 0.25) is 0 Å². The Hall–Kier alpha value is -0.340. The number of rotatable bonds is 4. The third-order valence-corrected chi connectivity index (χ3v) is 2.13. The summed E-state index contributed by atoms with van der Waals surface area (Å²) in [5.74, 6) is 0.853. The average Bonchev–Trinajstić information content (AvgIpc) is 2.07. The van der Waals surface area contributed by atoms with Crippen molar-refractivity contribution in [3.63, 3.8) is 0 Å². The van der Waals surface area contributed by atoms with Crippen LogP contribution in [0.5, 0.6) is 0 Å². The lowest BCUT2D eigenvalue weighted by Crippen LogP contribution is -2.28. The van der Waals surface area contributed by atoms with Gasteiger partial charge in [-0.25, -0.2) is 0 Å². The van der Waals surface area contributed by atoms with Crippen molar-refractivity contribution in [1.29, 1.82) is 0 Å². The predicted molar refractivity (Wildman–Crippen MR) is 48.4 cm³/mol. The molecule has 11 heavy (non-hydrogen) atoms. The van der Waals surface area contributed by atoms with E-state index in [2.05, 4.69) is 17.5 Å². The molecule has 1 atom stereocenters. The van der Waals surface area contributed by atoms with Gasteiger partial charge in [-0.05, 0) is 31.7 Å². The van der Waals surface area contributed by atoms with Crippen LogP contribution in [0.1, 0.15) is 19.3 Å². The second-order valence-corrected chi connectivity index (χ2v) is 3.14. The molecule has 0 aromatic rings. The molecule has 64 valence electrons. The SMILES string of the molecule is NCCNCC1CC=CCC1. The maximum Gasteiger partial charge on any atom is 0.00746 e. The summed E-state index contributed by atoms with van der Waals surface area (Å²) in [5, 5.41) is 3.35. The molecule has 1 rings (SSSR count). The molecule has 1 aliphatic carbocycles. The lowest BCUT2D eigenvalue weighted by Gasteiger charge is -2.17. The van der Waals surface area contributed by atoms with Gasteiger partial charge < -0.3 is 11.1 Å². The number of hydrogen-bond acceptors (Lipinski definition) is 2. The Morgan fingerprint density at radius 1 is 1.45 bits per heavy atom. The van der Waals surface area contributed by atoms with Crippen LogP contribution in [0, 0.1) is 5.92 Å². The molecule has 0 heterocycles. The summed E-state index contributed by atoms with van der Waals surface area (Å²) in [6, 6.07) is 0. The Morgan fingerprint density at radius 2 is 2.36 bits per heavy atom. The summed E-state index contributed by atoms with van der Waals surface area (Å²) in [4.78, 5) is 0. The van der Waals surface area contributed by atoms with Crippen LogP contribution in [-0.4, -0.2) is 19.6 Å². The van der Waals surface area contributed by atoms with Gasteiger partial charge in [-0.3, -0.25) is 0 Å². The van der Waals surface area contributed by atoms with Crippen LogP contribution in [0.2, 0.25) is 0 Å². The van der Waals surface area contributed by atoms with Crippen molar-refractivity contribution < 1.29 is 0 Å². The molecule has 0 saturated carbocycles. The maximum absolute atomic E-state index is 5.37. The second kappa shape index (κ2) is 5.33. The fraction of sp³-hybridized carbons (Fsp3) is 0.778. The summed E-state index contributed by atoms with van der Waals surface area (Å²) < 4.78 is 0. The maximum atomic E-state index is 5.37. The van der Waals surface area contributed by atoms with Crippen molar-refractivity contribution >= 4 is 0 Å². The van der Waals surface area contributed by atoms with E-state index in [1.807, 2.05) is 0 Å². The first-order valence-electron chi connectivity index (χ1n) is 4.49. The Kier molecular flexibility index (Phi) is 4.24. The van der Waals surface area contributed by atoms with E-state index in [0.717, 1.165) is 25.6 Å². The van der Waals surface area contributed by atoms with Crippen molar-refractivity contribution in [3.8, 4) is 0 Å². The molecule has 2 heteroatoms. The normalized spacial score (nSPS) is 23.9. The van der Waals surface area contributed by atoms with Crippen molar-refractivity contribution in [1.82, 2.24) is 5.32 Å². The Morgan fingerprint density at radius 3 is 3.00 bits per heavy atom. The van der Waals surface area contributed by atoms with E-state index in [9.17, 15) is 0 Å². The molecule has 0 aliphatic heterocycles. The smallest absolute Gasteiger partial charge is 0.00746 e. The molecule has 1 unspecified atom stereocenters. The zero-order valence-electron chi connectivity index (χ0n) is 7.05. The van der Waals surface area contributed by atoms with Crippen LogP contribution in [-0.2, 0) is 0 Å². The van der Waals surface area contributed by atoms with Crippen LogP contribution in [0.4, 0.5) is 0 Å². The van der Waals surface area contributed by atoms with E-state index in [4.69, 9.17) is 5.73 Å². The summed E-state index contributed by atoms with van der Waals surface area (Å²) in [5.41, 5.74) is 5.37. The topological polar surface area (TPSA) is 38.0 Å². The number of nitrogens with one attached hydrogen (secondary N) is 1. The molecule has 0 bridgehead atoms. The first kappa shape index (κ1) is 8.75. The fourth-order valence-corrected chi connectivity index (χ4v) is 1.45. The van der Waals surface area contributed by atoms with E-state index in [1.165, 1.54) is 19.3 Å². The quantitative estimate of drug-likeness (QED) is 0.466. The third kappa shape index (κ3) is 3.54. The Balaban J connectivity index is 2.02.